The van der Waals surface area contributed by atoms with Crippen molar-refractivity contribution in [1.82, 2.24) is 35.0 Å². The van der Waals surface area contributed by atoms with E-state index in [0.717, 1.165) is 41.8 Å². The van der Waals surface area contributed by atoms with Crippen LogP contribution in [0.3, 0.4) is 0 Å². The summed E-state index contributed by atoms with van der Waals surface area (Å²) in [6.07, 6.45) is 3.84. The van der Waals surface area contributed by atoms with Gasteiger partial charge in [0.05, 0.1) is 18.6 Å². The normalized spacial score (nSPS) is 10.9. The molecule has 3 aromatic rings. The van der Waals surface area contributed by atoms with Crippen LogP contribution in [0.4, 0.5) is 0 Å². The number of benzene rings is 1. The molecular formula is C15H19N7OS. The number of rotatable bonds is 8. The number of thioether (sulfide) groups is 1. The second kappa shape index (κ2) is 7.91. The van der Waals surface area contributed by atoms with Crippen molar-refractivity contribution >= 4 is 11.8 Å². The summed E-state index contributed by atoms with van der Waals surface area (Å²) in [5, 5.41) is 20.9. The zero-order chi connectivity index (χ0) is 16.8. The van der Waals surface area contributed by atoms with Gasteiger partial charge in [0.25, 0.3) is 0 Å². The fourth-order valence-corrected chi connectivity index (χ4v) is 3.11. The third-order valence-corrected chi connectivity index (χ3v) is 4.46. The molecule has 0 saturated carbocycles. The number of methoxy groups -OCH3 is 1. The Morgan fingerprint density at radius 3 is 2.92 bits per heavy atom. The summed E-state index contributed by atoms with van der Waals surface area (Å²) in [6, 6.07) is 7.77. The predicted molar refractivity (Wildman–Crippen MR) is 90.2 cm³/mol. The molecule has 126 valence electrons. The van der Waals surface area contributed by atoms with E-state index in [1.54, 1.807) is 25.2 Å². The van der Waals surface area contributed by atoms with Gasteiger partial charge in [-0.25, -0.2) is 4.68 Å². The highest BCUT2D eigenvalue weighted by Gasteiger charge is 2.13. The Balaban J connectivity index is 1.76. The summed E-state index contributed by atoms with van der Waals surface area (Å²) < 4.78 is 9.17. The first-order chi connectivity index (χ1) is 11.8. The van der Waals surface area contributed by atoms with Crippen molar-refractivity contribution in [2.45, 2.75) is 37.2 Å². The zero-order valence-electron chi connectivity index (χ0n) is 13.7. The molecule has 0 fully saturated rings. The lowest BCUT2D eigenvalue weighted by atomic mass is 10.3. The van der Waals surface area contributed by atoms with Gasteiger partial charge in [-0.3, -0.25) is 4.57 Å². The highest BCUT2D eigenvalue weighted by atomic mass is 32.2. The van der Waals surface area contributed by atoms with Crippen LogP contribution in [-0.4, -0.2) is 42.1 Å². The molecule has 0 aliphatic carbocycles. The second-order valence-corrected chi connectivity index (χ2v) is 6.06. The third-order valence-electron chi connectivity index (χ3n) is 3.52. The summed E-state index contributed by atoms with van der Waals surface area (Å²) in [4.78, 5) is 0. The lowest BCUT2D eigenvalue weighted by molar-refractivity contribution is 0.412. The molecule has 0 spiro atoms. The fourth-order valence-electron chi connectivity index (χ4n) is 2.25. The Morgan fingerprint density at radius 1 is 1.21 bits per heavy atom. The summed E-state index contributed by atoms with van der Waals surface area (Å²) in [6.45, 7) is 2.98. The van der Waals surface area contributed by atoms with E-state index in [2.05, 4.69) is 32.6 Å². The zero-order valence-corrected chi connectivity index (χ0v) is 14.5. The Hall–Kier alpha value is -2.42. The van der Waals surface area contributed by atoms with Gasteiger partial charge in [0.2, 0.25) is 0 Å². The lowest BCUT2D eigenvalue weighted by Gasteiger charge is -2.10. The van der Waals surface area contributed by atoms with Gasteiger partial charge in [-0.2, -0.15) is 0 Å². The van der Waals surface area contributed by atoms with E-state index < -0.39 is 0 Å². The number of para-hydroxylation sites is 2. The molecule has 0 aliphatic rings. The van der Waals surface area contributed by atoms with Crippen LogP contribution >= 0.6 is 11.8 Å². The number of nitrogens with zero attached hydrogens (tertiary/aromatic N) is 7. The molecule has 2 aromatic heterocycles. The van der Waals surface area contributed by atoms with Crippen molar-refractivity contribution in [1.29, 1.82) is 0 Å². The standard InChI is InChI=1S/C15H19N7OS/c1-3-4-9-22-14(17-19-20-22)10-24-15-18-16-11-21(15)12-7-5-6-8-13(12)23-2/h5-8,11H,3-4,9-10H2,1-2H3. The summed E-state index contributed by atoms with van der Waals surface area (Å²) in [7, 11) is 1.65. The number of ether oxygens (including phenoxy) is 1. The molecule has 0 amide bonds. The SMILES string of the molecule is CCCCn1nnnc1CSc1nncn1-c1ccccc1OC. The van der Waals surface area contributed by atoms with Gasteiger partial charge >= 0.3 is 0 Å². The first kappa shape index (κ1) is 16.4. The fraction of sp³-hybridized carbons (Fsp3) is 0.400. The van der Waals surface area contributed by atoms with Gasteiger partial charge in [-0.05, 0) is 29.0 Å². The second-order valence-electron chi connectivity index (χ2n) is 5.12. The Kier molecular flexibility index (Phi) is 5.42. The maximum Gasteiger partial charge on any atom is 0.196 e. The Bertz CT molecular complexity index is 785. The van der Waals surface area contributed by atoms with E-state index in [9.17, 15) is 0 Å². The van der Waals surface area contributed by atoms with E-state index in [1.165, 1.54) is 0 Å². The number of aromatic nitrogens is 7. The highest BCUT2D eigenvalue weighted by Crippen LogP contribution is 2.27. The van der Waals surface area contributed by atoms with Crippen LogP contribution in [0.2, 0.25) is 0 Å². The van der Waals surface area contributed by atoms with Crippen LogP contribution in [0.15, 0.2) is 35.7 Å². The maximum atomic E-state index is 5.42. The summed E-state index contributed by atoms with van der Waals surface area (Å²) >= 11 is 1.54. The van der Waals surface area contributed by atoms with Crippen LogP contribution < -0.4 is 4.74 Å². The predicted octanol–water partition coefficient (Wildman–Crippen LogP) is 2.35. The Morgan fingerprint density at radius 2 is 2.08 bits per heavy atom. The first-order valence-corrected chi connectivity index (χ1v) is 8.73. The van der Waals surface area contributed by atoms with E-state index in [0.29, 0.717) is 5.75 Å². The number of unbranched alkanes of at least 4 members (excludes halogenated alkanes) is 1. The van der Waals surface area contributed by atoms with Gasteiger partial charge in [0.1, 0.15) is 12.1 Å². The van der Waals surface area contributed by atoms with Crippen LogP contribution in [-0.2, 0) is 12.3 Å². The van der Waals surface area contributed by atoms with Gasteiger partial charge in [0.15, 0.2) is 11.0 Å². The molecule has 3 rings (SSSR count). The molecule has 0 aliphatic heterocycles. The van der Waals surface area contributed by atoms with Crippen molar-refractivity contribution in [3.8, 4) is 11.4 Å². The van der Waals surface area contributed by atoms with Crippen molar-refractivity contribution < 1.29 is 4.74 Å². The quantitative estimate of drug-likeness (QED) is 0.579. The molecule has 0 atom stereocenters. The van der Waals surface area contributed by atoms with E-state index in [1.807, 2.05) is 33.5 Å². The molecule has 0 unspecified atom stereocenters. The van der Waals surface area contributed by atoms with Crippen molar-refractivity contribution in [2.75, 3.05) is 7.11 Å². The smallest absolute Gasteiger partial charge is 0.196 e. The minimum atomic E-state index is 0.630. The molecule has 1 aromatic carbocycles. The number of tetrazole rings is 1. The number of hydrogen-bond acceptors (Lipinski definition) is 7. The topological polar surface area (TPSA) is 83.5 Å². The van der Waals surface area contributed by atoms with Crippen molar-refractivity contribution in [3.05, 3.63) is 36.4 Å². The van der Waals surface area contributed by atoms with Gasteiger partial charge in [-0.15, -0.1) is 15.3 Å². The highest BCUT2D eigenvalue weighted by molar-refractivity contribution is 7.98. The molecular weight excluding hydrogens is 326 g/mol. The number of aryl methyl sites for hydroxylation is 1. The number of hydrogen-bond donors (Lipinski definition) is 0. The van der Waals surface area contributed by atoms with Crippen LogP contribution in [0.5, 0.6) is 5.75 Å². The first-order valence-electron chi connectivity index (χ1n) is 7.74. The Labute approximate surface area is 144 Å². The summed E-state index contributed by atoms with van der Waals surface area (Å²) in [5.41, 5.74) is 0.901. The molecule has 2 heterocycles. The van der Waals surface area contributed by atoms with Gasteiger partial charge in [-0.1, -0.05) is 37.2 Å². The molecule has 0 saturated heterocycles. The van der Waals surface area contributed by atoms with Crippen LogP contribution in [0, 0.1) is 0 Å². The third kappa shape index (κ3) is 3.56. The molecule has 0 N–H and O–H groups in total. The van der Waals surface area contributed by atoms with Gasteiger partial charge in [0, 0.05) is 6.54 Å². The van der Waals surface area contributed by atoms with Crippen LogP contribution in [0.25, 0.3) is 5.69 Å². The monoisotopic (exact) mass is 345 g/mol. The summed E-state index contributed by atoms with van der Waals surface area (Å²) in [5.74, 6) is 2.24. The molecule has 24 heavy (non-hydrogen) atoms. The average molecular weight is 345 g/mol. The van der Waals surface area contributed by atoms with Crippen molar-refractivity contribution in [3.63, 3.8) is 0 Å². The molecule has 8 nitrogen and oxygen atoms in total. The van der Waals surface area contributed by atoms with Crippen LogP contribution in [0.1, 0.15) is 25.6 Å². The maximum absolute atomic E-state index is 5.42. The largest absolute Gasteiger partial charge is 0.495 e. The van der Waals surface area contributed by atoms with Gasteiger partial charge < -0.3 is 4.74 Å². The van der Waals surface area contributed by atoms with Crippen molar-refractivity contribution in [2.24, 2.45) is 0 Å². The molecule has 0 bridgehead atoms. The minimum Gasteiger partial charge on any atom is -0.495 e. The van der Waals surface area contributed by atoms with E-state index in [-0.39, 0.29) is 0 Å². The minimum absolute atomic E-state index is 0.630. The average Bonchev–Trinajstić information content (AvgIpc) is 3.26. The molecule has 9 heteroatoms. The van der Waals surface area contributed by atoms with E-state index >= 15 is 0 Å². The molecule has 0 radical (unpaired) electrons. The lowest BCUT2D eigenvalue weighted by Crippen LogP contribution is -2.05. The van der Waals surface area contributed by atoms with E-state index in [4.69, 9.17) is 4.74 Å².